The first-order chi connectivity index (χ1) is 12.6. The van der Waals surface area contributed by atoms with Gasteiger partial charge in [-0.15, -0.1) is 0 Å². The van der Waals surface area contributed by atoms with Gasteiger partial charge in [0.05, 0.1) is 0 Å². The number of rotatable bonds is 5. The Morgan fingerprint density at radius 1 is 1.08 bits per heavy atom. The molecule has 1 aliphatic rings. The Hall–Kier alpha value is -2.24. The third kappa shape index (κ3) is 5.13. The Morgan fingerprint density at radius 2 is 1.81 bits per heavy atom. The van der Waals surface area contributed by atoms with E-state index in [9.17, 15) is 4.79 Å². The highest BCUT2D eigenvalue weighted by molar-refractivity contribution is 6.30. The fraction of sp³-hybridized carbons (Fsp3) is 0.350. The first kappa shape index (κ1) is 18.5. The van der Waals surface area contributed by atoms with Gasteiger partial charge in [-0.1, -0.05) is 35.9 Å². The summed E-state index contributed by atoms with van der Waals surface area (Å²) in [5, 5.41) is 6.52. The van der Waals surface area contributed by atoms with Crippen LogP contribution in [0, 0.1) is 6.92 Å². The zero-order valence-corrected chi connectivity index (χ0v) is 15.8. The van der Waals surface area contributed by atoms with E-state index in [1.165, 1.54) is 11.3 Å². The van der Waals surface area contributed by atoms with Crippen molar-refractivity contribution < 1.29 is 4.79 Å². The van der Waals surface area contributed by atoms with E-state index in [0.717, 1.165) is 43.4 Å². The summed E-state index contributed by atoms with van der Waals surface area (Å²) in [6.07, 6.45) is 0. The molecule has 3 rings (SSSR count). The molecule has 0 aliphatic carbocycles. The molecule has 6 heteroatoms. The van der Waals surface area contributed by atoms with Crippen LogP contribution in [-0.4, -0.2) is 50.2 Å². The normalized spacial score (nSPS) is 14.9. The van der Waals surface area contributed by atoms with Crippen molar-refractivity contribution >= 4 is 29.0 Å². The number of aryl methyl sites for hydroxylation is 1. The summed E-state index contributed by atoms with van der Waals surface area (Å²) in [4.78, 5) is 16.7. The molecule has 138 valence electrons. The second-order valence-corrected chi connectivity index (χ2v) is 6.94. The van der Waals surface area contributed by atoms with Gasteiger partial charge in [0.15, 0.2) is 0 Å². The van der Waals surface area contributed by atoms with Gasteiger partial charge in [0, 0.05) is 55.7 Å². The molecule has 0 saturated carbocycles. The number of nitrogens with one attached hydrogen (secondary N) is 2. The van der Waals surface area contributed by atoms with Gasteiger partial charge in [-0.2, -0.15) is 0 Å². The molecule has 2 N–H and O–H groups in total. The van der Waals surface area contributed by atoms with E-state index in [4.69, 9.17) is 11.6 Å². The second-order valence-electron chi connectivity index (χ2n) is 6.51. The lowest BCUT2D eigenvalue weighted by Gasteiger charge is -2.36. The number of hydrogen-bond acceptors (Lipinski definition) is 3. The predicted octanol–water partition coefficient (Wildman–Crippen LogP) is 3.59. The number of nitrogens with zero attached hydrogens (tertiary/aromatic N) is 2. The van der Waals surface area contributed by atoms with Crippen LogP contribution in [0.15, 0.2) is 48.5 Å². The van der Waals surface area contributed by atoms with Crippen LogP contribution < -0.4 is 15.5 Å². The van der Waals surface area contributed by atoms with Crippen molar-refractivity contribution in [2.45, 2.75) is 6.92 Å². The summed E-state index contributed by atoms with van der Waals surface area (Å²) in [7, 11) is 0. The fourth-order valence-electron chi connectivity index (χ4n) is 3.16. The van der Waals surface area contributed by atoms with Gasteiger partial charge in [-0.25, -0.2) is 4.79 Å². The molecule has 0 bridgehead atoms. The Kier molecular flexibility index (Phi) is 6.36. The number of piperazine rings is 1. The highest BCUT2D eigenvalue weighted by Gasteiger charge is 2.18. The minimum Gasteiger partial charge on any atom is -0.369 e. The summed E-state index contributed by atoms with van der Waals surface area (Å²) in [5.41, 5.74) is 3.27. The number of carbonyl (C=O) groups excluding carboxylic acids is 1. The van der Waals surface area contributed by atoms with E-state index < -0.39 is 0 Å². The highest BCUT2D eigenvalue weighted by atomic mass is 35.5. The highest BCUT2D eigenvalue weighted by Crippen LogP contribution is 2.25. The average Bonchev–Trinajstić information content (AvgIpc) is 2.65. The summed E-state index contributed by atoms with van der Waals surface area (Å²) >= 11 is 6.14. The molecule has 1 saturated heterocycles. The van der Waals surface area contributed by atoms with Crippen LogP contribution in [0.2, 0.25) is 5.02 Å². The van der Waals surface area contributed by atoms with Gasteiger partial charge in [0.2, 0.25) is 0 Å². The zero-order chi connectivity index (χ0) is 18.4. The molecule has 0 unspecified atom stereocenters. The maximum atomic E-state index is 11.9. The van der Waals surface area contributed by atoms with Crippen LogP contribution in [0.5, 0.6) is 0 Å². The van der Waals surface area contributed by atoms with Crippen LogP contribution in [0.4, 0.5) is 16.2 Å². The molecule has 26 heavy (non-hydrogen) atoms. The SMILES string of the molecule is Cc1ccc(Cl)cc1N1CCN(CCNC(=O)Nc2ccccc2)CC1. The van der Waals surface area contributed by atoms with Crippen LogP contribution >= 0.6 is 11.6 Å². The van der Waals surface area contributed by atoms with E-state index in [2.05, 4.69) is 33.4 Å². The smallest absolute Gasteiger partial charge is 0.319 e. The fourth-order valence-corrected chi connectivity index (χ4v) is 3.33. The number of hydrogen-bond donors (Lipinski definition) is 2. The summed E-state index contributed by atoms with van der Waals surface area (Å²) in [5.74, 6) is 0. The quantitative estimate of drug-likeness (QED) is 0.843. The molecule has 2 amide bonds. The second kappa shape index (κ2) is 8.92. The van der Waals surface area contributed by atoms with Gasteiger partial charge < -0.3 is 15.5 Å². The summed E-state index contributed by atoms with van der Waals surface area (Å²) < 4.78 is 0. The molecule has 5 nitrogen and oxygen atoms in total. The molecule has 1 aliphatic heterocycles. The number of carbonyl (C=O) groups is 1. The van der Waals surface area contributed by atoms with E-state index in [1.807, 2.05) is 42.5 Å². The first-order valence-corrected chi connectivity index (χ1v) is 9.33. The van der Waals surface area contributed by atoms with Gasteiger partial charge in [-0.05, 0) is 36.8 Å². The molecular weight excluding hydrogens is 348 g/mol. The van der Waals surface area contributed by atoms with Gasteiger partial charge in [0.1, 0.15) is 0 Å². The number of para-hydroxylation sites is 1. The van der Waals surface area contributed by atoms with Crippen molar-refractivity contribution in [3.05, 3.63) is 59.1 Å². The average molecular weight is 373 g/mol. The minimum absolute atomic E-state index is 0.163. The van der Waals surface area contributed by atoms with Crippen LogP contribution in [0.1, 0.15) is 5.56 Å². The van der Waals surface area contributed by atoms with Gasteiger partial charge in [0.25, 0.3) is 0 Å². The predicted molar refractivity (Wildman–Crippen MR) is 108 cm³/mol. The monoisotopic (exact) mass is 372 g/mol. The lowest BCUT2D eigenvalue weighted by molar-refractivity contribution is 0.240. The minimum atomic E-state index is -0.163. The third-order valence-electron chi connectivity index (χ3n) is 4.63. The van der Waals surface area contributed by atoms with Gasteiger partial charge in [-0.3, -0.25) is 4.90 Å². The molecule has 2 aromatic rings. The number of benzene rings is 2. The maximum absolute atomic E-state index is 11.9. The Labute approximate surface area is 159 Å². The number of urea groups is 1. The standard InChI is InChI=1S/C20H25ClN4O/c1-16-7-8-17(21)15-19(16)25-13-11-24(12-14-25)10-9-22-20(26)23-18-5-3-2-4-6-18/h2-8,15H,9-14H2,1H3,(H2,22,23,26). The van der Waals surface area contributed by atoms with Gasteiger partial charge >= 0.3 is 6.03 Å². The third-order valence-corrected chi connectivity index (χ3v) is 4.86. The van der Waals surface area contributed by atoms with Crippen LogP contribution in [0.25, 0.3) is 0 Å². The van der Waals surface area contributed by atoms with Crippen molar-refractivity contribution in [3.8, 4) is 0 Å². The van der Waals surface area contributed by atoms with Crippen molar-refractivity contribution in [1.82, 2.24) is 10.2 Å². The Balaban J connectivity index is 1.39. The molecule has 0 atom stereocenters. The van der Waals surface area contributed by atoms with E-state index in [-0.39, 0.29) is 6.03 Å². The summed E-state index contributed by atoms with van der Waals surface area (Å²) in [6, 6.07) is 15.3. The van der Waals surface area contributed by atoms with E-state index in [1.54, 1.807) is 0 Å². The number of anilines is 2. The van der Waals surface area contributed by atoms with E-state index >= 15 is 0 Å². The lowest BCUT2D eigenvalue weighted by Crippen LogP contribution is -2.48. The van der Waals surface area contributed by atoms with Crippen molar-refractivity contribution in [3.63, 3.8) is 0 Å². The van der Waals surface area contributed by atoms with E-state index in [0.29, 0.717) is 6.54 Å². The first-order valence-electron chi connectivity index (χ1n) is 8.95. The molecule has 0 spiro atoms. The van der Waals surface area contributed by atoms with Crippen molar-refractivity contribution in [1.29, 1.82) is 0 Å². The molecule has 0 aromatic heterocycles. The van der Waals surface area contributed by atoms with Crippen LogP contribution in [-0.2, 0) is 0 Å². The molecule has 1 heterocycles. The number of amides is 2. The number of halogens is 1. The zero-order valence-electron chi connectivity index (χ0n) is 15.0. The Morgan fingerprint density at radius 3 is 2.54 bits per heavy atom. The van der Waals surface area contributed by atoms with Crippen LogP contribution in [0.3, 0.4) is 0 Å². The van der Waals surface area contributed by atoms with Crippen molar-refractivity contribution in [2.24, 2.45) is 0 Å². The summed E-state index contributed by atoms with van der Waals surface area (Å²) in [6.45, 7) is 7.50. The maximum Gasteiger partial charge on any atom is 0.319 e. The molecule has 1 fully saturated rings. The molecular formula is C20H25ClN4O. The topological polar surface area (TPSA) is 47.6 Å². The molecule has 2 aromatic carbocycles. The Bertz CT molecular complexity index is 730. The largest absolute Gasteiger partial charge is 0.369 e. The molecule has 0 radical (unpaired) electrons. The lowest BCUT2D eigenvalue weighted by atomic mass is 10.1. The van der Waals surface area contributed by atoms with Crippen molar-refractivity contribution in [2.75, 3.05) is 49.5 Å².